The van der Waals surface area contributed by atoms with Crippen LogP contribution >= 0.6 is 11.6 Å². The second kappa shape index (κ2) is 10.1. The summed E-state index contributed by atoms with van der Waals surface area (Å²) in [4.78, 5) is 31.0. The van der Waals surface area contributed by atoms with Crippen molar-refractivity contribution in [1.82, 2.24) is 19.7 Å². The van der Waals surface area contributed by atoms with Crippen molar-refractivity contribution in [2.45, 2.75) is 36.9 Å². The minimum Gasteiger partial charge on any atom is -0.448 e. The first-order valence-electron chi connectivity index (χ1n) is 12.8. The molecule has 0 radical (unpaired) electrons. The summed E-state index contributed by atoms with van der Waals surface area (Å²) in [6.07, 6.45) is 5.41. The van der Waals surface area contributed by atoms with Crippen molar-refractivity contribution >= 4 is 23.4 Å². The molecular weight excluding hydrogens is 529 g/mol. The number of amides is 1. The molecular formula is C27H27ClFN5O5. The highest BCUT2D eigenvalue weighted by Gasteiger charge is 2.53. The molecule has 3 fully saturated rings. The zero-order valence-corrected chi connectivity index (χ0v) is 21.8. The average Bonchev–Trinajstić information content (AvgIpc) is 3.64. The van der Waals surface area contributed by atoms with Crippen LogP contribution in [0.2, 0.25) is 5.02 Å². The first-order chi connectivity index (χ1) is 18.9. The number of nitrogens with one attached hydrogen (secondary N) is 1. The largest absolute Gasteiger partial charge is 0.448 e. The fourth-order valence-corrected chi connectivity index (χ4v) is 5.27. The van der Waals surface area contributed by atoms with Crippen LogP contribution in [0.3, 0.4) is 0 Å². The molecule has 1 amide bonds. The summed E-state index contributed by atoms with van der Waals surface area (Å²) in [5.41, 5.74) is -0.658. The van der Waals surface area contributed by atoms with E-state index in [0.29, 0.717) is 49.9 Å². The third-order valence-electron chi connectivity index (χ3n) is 7.37. The number of pyridine rings is 1. The summed E-state index contributed by atoms with van der Waals surface area (Å²) >= 11 is 6.29. The van der Waals surface area contributed by atoms with Gasteiger partial charge in [-0.15, -0.1) is 0 Å². The molecule has 4 heterocycles. The second-order valence-electron chi connectivity index (χ2n) is 10.0. The minimum absolute atomic E-state index is 0.00215. The van der Waals surface area contributed by atoms with Gasteiger partial charge in [0.05, 0.1) is 49.0 Å². The SMILES string of the molecule is O=C1OCCN1C1(c2ccc(Oc3ccc(-n4ncc(NC[C@@]5(F)CCCOC5)c(Cl)c4=O)cn3)cc2)CC1. The molecule has 39 heavy (non-hydrogen) atoms. The zero-order chi connectivity index (χ0) is 27.0. The minimum atomic E-state index is -1.52. The molecule has 204 valence electrons. The number of rotatable bonds is 8. The van der Waals surface area contributed by atoms with Crippen LogP contribution < -0.4 is 15.6 Å². The van der Waals surface area contributed by atoms with Crippen LogP contribution in [0.4, 0.5) is 14.9 Å². The monoisotopic (exact) mass is 555 g/mol. The standard InChI is InChI=1S/C27H27ClFN5O5/c28-23-21(31-16-26(29)8-1-12-37-17-26)15-32-34(24(23)35)19-4-7-22(30-14-19)39-20-5-2-18(3-6-20)27(9-10-27)33-11-13-38-25(33)36/h2-7,14-15,31H,1,8-13,16-17H2/t26-/m0/s1. The van der Waals surface area contributed by atoms with Gasteiger partial charge in [0.15, 0.2) is 5.67 Å². The van der Waals surface area contributed by atoms with Gasteiger partial charge in [-0.2, -0.15) is 9.78 Å². The Labute approximate surface area is 228 Å². The Hall–Kier alpha value is -3.70. The van der Waals surface area contributed by atoms with Crippen molar-refractivity contribution in [1.29, 1.82) is 0 Å². The quantitative estimate of drug-likeness (QED) is 0.434. The molecule has 0 bridgehead atoms. The fraction of sp³-hybridized carbons (Fsp3) is 0.407. The smallest absolute Gasteiger partial charge is 0.410 e. The Morgan fingerprint density at radius 2 is 1.90 bits per heavy atom. The number of carbonyl (C=O) groups excluding carboxylic acids is 1. The Kier molecular flexibility index (Phi) is 6.64. The number of anilines is 1. The molecule has 1 aromatic carbocycles. The van der Waals surface area contributed by atoms with Crippen molar-refractivity contribution in [3.63, 3.8) is 0 Å². The Bertz CT molecular complexity index is 1420. The summed E-state index contributed by atoms with van der Waals surface area (Å²) in [6, 6.07) is 10.8. The van der Waals surface area contributed by atoms with Gasteiger partial charge in [-0.25, -0.2) is 14.2 Å². The molecule has 6 rings (SSSR count). The summed E-state index contributed by atoms with van der Waals surface area (Å²) < 4.78 is 32.1. The normalized spacial score (nSPS) is 21.9. The van der Waals surface area contributed by atoms with Crippen LogP contribution in [0.15, 0.2) is 53.6 Å². The first-order valence-corrected chi connectivity index (χ1v) is 13.2. The third-order valence-corrected chi connectivity index (χ3v) is 7.73. The molecule has 3 aliphatic rings. The van der Waals surface area contributed by atoms with E-state index >= 15 is 0 Å². The maximum Gasteiger partial charge on any atom is 0.410 e. The lowest BCUT2D eigenvalue weighted by atomic mass is 9.99. The van der Waals surface area contributed by atoms with Crippen molar-refractivity contribution in [2.24, 2.45) is 0 Å². The number of cyclic esters (lactones) is 1. The second-order valence-corrected chi connectivity index (χ2v) is 10.4. The number of hydrogen-bond acceptors (Lipinski definition) is 8. The van der Waals surface area contributed by atoms with Gasteiger partial charge >= 0.3 is 6.09 Å². The van der Waals surface area contributed by atoms with Crippen LogP contribution in [0.25, 0.3) is 5.69 Å². The van der Waals surface area contributed by atoms with Crippen molar-refractivity contribution < 1.29 is 23.4 Å². The Morgan fingerprint density at radius 3 is 2.54 bits per heavy atom. The van der Waals surface area contributed by atoms with E-state index in [1.807, 2.05) is 24.3 Å². The molecule has 3 aromatic rings. The van der Waals surface area contributed by atoms with Crippen molar-refractivity contribution in [3.05, 3.63) is 69.7 Å². The highest BCUT2D eigenvalue weighted by atomic mass is 35.5. The molecule has 10 nitrogen and oxygen atoms in total. The number of hydrogen-bond donors (Lipinski definition) is 1. The first kappa shape index (κ1) is 25.6. The Balaban J connectivity index is 1.11. The highest BCUT2D eigenvalue weighted by Crippen LogP contribution is 2.52. The van der Waals surface area contributed by atoms with E-state index in [2.05, 4.69) is 15.4 Å². The molecule has 2 aromatic heterocycles. The average molecular weight is 556 g/mol. The molecule has 1 aliphatic carbocycles. The third kappa shape index (κ3) is 5.04. The van der Waals surface area contributed by atoms with Gasteiger partial charge in [0.1, 0.15) is 17.4 Å². The summed E-state index contributed by atoms with van der Waals surface area (Å²) in [6.45, 7) is 1.55. The Morgan fingerprint density at radius 1 is 1.08 bits per heavy atom. The topological polar surface area (TPSA) is 108 Å². The van der Waals surface area contributed by atoms with E-state index in [0.717, 1.165) is 23.1 Å². The van der Waals surface area contributed by atoms with Crippen LogP contribution in [-0.2, 0) is 15.0 Å². The highest BCUT2D eigenvalue weighted by molar-refractivity contribution is 6.32. The van der Waals surface area contributed by atoms with Gasteiger partial charge in [0.2, 0.25) is 5.88 Å². The van der Waals surface area contributed by atoms with Gasteiger partial charge in [-0.3, -0.25) is 9.69 Å². The lowest BCUT2D eigenvalue weighted by molar-refractivity contribution is -0.0234. The van der Waals surface area contributed by atoms with E-state index in [9.17, 15) is 14.0 Å². The van der Waals surface area contributed by atoms with E-state index in [1.54, 1.807) is 17.0 Å². The van der Waals surface area contributed by atoms with E-state index < -0.39 is 11.2 Å². The van der Waals surface area contributed by atoms with Gasteiger partial charge in [0.25, 0.3) is 5.56 Å². The van der Waals surface area contributed by atoms with E-state index in [4.69, 9.17) is 25.8 Å². The predicted octanol–water partition coefficient (Wildman–Crippen LogP) is 4.45. The maximum atomic E-state index is 14.8. The molecule has 0 spiro atoms. The molecule has 1 atom stereocenters. The van der Waals surface area contributed by atoms with Gasteiger partial charge in [0, 0.05) is 12.7 Å². The number of nitrogens with zero attached hydrogens (tertiary/aromatic N) is 4. The number of halogens is 2. The van der Waals surface area contributed by atoms with Gasteiger partial charge in [-0.05, 0) is 49.4 Å². The maximum absolute atomic E-state index is 14.8. The van der Waals surface area contributed by atoms with Crippen molar-refractivity contribution in [3.8, 4) is 17.3 Å². The number of aromatic nitrogens is 3. The number of benzene rings is 1. The van der Waals surface area contributed by atoms with Crippen molar-refractivity contribution in [2.75, 3.05) is 38.2 Å². The summed E-state index contributed by atoms with van der Waals surface area (Å²) in [5.74, 6) is 0.915. The summed E-state index contributed by atoms with van der Waals surface area (Å²) in [7, 11) is 0. The van der Waals surface area contributed by atoms with Crippen LogP contribution in [0.1, 0.15) is 31.2 Å². The number of ether oxygens (including phenoxy) is 3. The number of carbonyl (C=O) groups is 1. The molecule has 1 saturated carbocycles. The van der Waals surface area contributed by atoms with Gasteiger partial charge in [-0.1, -0.05) is 23.7 Å². The molecule has 2 saturated heterocycles. The summed E-state index contributed by atoms with van der Waals surface area (Å²) in [5, 5.41) is 6.97. The molecule has 2 aliphatic heterocycles. The van der Waals surface area contributed by atoms with Crippen LogP contribution in [0.5, 0.6) is 11.6 Å². The fourth-order valence-electron chi connectivity index (χ4n) is 5.08. The van der Waals surface area contributed by atoms with E-state index in [1.165, 1.54) is 12.4 Å². The number of alkyl halides is 1. The van der Waals surface area contributed by atoms with Gasteiger partial charge < -0.3 is 19.5 Å². The lowest BCUT2D eigenvalue weighted by Gasteiger charge is -2.29. The molecule has 12 heteroatoms. The molecule has 0 unspecified atom stereocenters. The zero-order valence-electron chi connectivity index (χ0n) is 21.1. The van der Waals surface area contributed by atoms with E-state index in [-0.39, 0.29) is 35.5 Å². The molecule has 1 N–H and O–H groups in total. The van der Waals surface area contributed by atoms with Crippen LogP contribution in [0, 0.1) is 0 Å². The predicted molar refractivity (Wildman–Crippen MR) is 141 cm³/mol. The lowest BCUT2D eigenvalue weighted by Crippen LogP contribution is -2.40. The van der Waals surface area contributed by atoms with Crippen LogP contribution in [-0.4, -0.2) is 64.3 Å².